The van der Waals surface area contributed by atoms with E-state index < -0.39 is 24.0 Å². The van der Waals surface area contributed by atoms with E-state index in [0.717, 1.165) is 36.8 Å². The Balaban J connectivity index is 2.05. The predicted molar refractivity (Wildman–Crippen MR) is 143 cm³/mol. The maximum Gasteiger partial charge on any atom is 0.306 e. The van der Waals surface area contributed by atoms with Crippen LogP contribution < -0.4 is 0 Å². The van der Waals surface area contributed by atoms with Gasteiger partial charge in [0.2, 0.25) is 0 Å². The fraction of sp³-hybridized carbons (Fsp3) is 0.742. The lowest BCUT2D eigenvalue weighted by molar-refractivity contribution is -0.148. The molecule has 0 spiro atoms. The van der Waals surface area contributed by atoms with Gasteiger partial charge in [0.15, 0.2) is 0 Å². The number of rotatable bonds is 10. The van der Waals surface area contributed by atoms with E-state index in [2.05, 4.69) is 54.7 Å². The molecule has 0 bridgehead atoms. The van der Waals surface area contributed by atoms with Crippen molar-refractivity contribution in [2.75, 3.05) is 0 Å². The summed E-state index contributed by atoms with van der Waals surface area (Å²) in [7, 11) is 0. The molecule has 0 radical (unpaired) electrons. The van der Waals surface area contributed by atoms with E-state index in [4.69, 9.17) is 0 Å². The highest BCUT2D eigenvalue weighted by Crippen LogP contribution is 2.71. The molecule has 3 aliphatic rings. The number of aliphatic hydroxyl groups is 1. The van der Waals surface area contributed by atoms with Crippen LogP contribution in [0.25, 0.3) is 0 Å². The molecule has 1 fully saturated rings. The van der Waals surface area contributed by atoms with E-state index in [1.54, 1.807) is 0 Å². The topological polar surface area (TPSA) is 94.8 Å². The van der Waals surface area contributed by atoms with Crippen molar-refractivity contribution >= 4 is 11.9 Å². The lowest BCUT2D eigenvalue weighted by Crippen LogP contribution is -2.49. The summed E-state index contributed by atoms with van der Waals surface area (Å²) in [6.07, 6.45) is 5.21. The quantitative estimate of drug-likeness (QED) is 0.280. The standard InChI is InChI=1S/C31H48O5/c1-18(2)20(5)9-10-21(28(35)36)27-25(32)17-31(8)24-12-11-22(19(3)4)29(6,15-14-26(33)34)23(24)13-16-30(27,31)7/h18,21-22,25,27,32H,3,5,9-17H2,1-2,4,6-8H3,(H,33,34)(H,35,36)/t21-,22+,25-,27+,29+,30-,31+/m1/s1. The minimum atomic E-state index is -0.821. The molecule has 0 saturated heterocycles. The van der Waals surface area contributed by atoms with Crippen LogP contribution in [0.5, 0.6) is 0 Å². The maximum atomic E-state index is 12.6. The third-order valence-corrected chi connectivity index (χ3v) is 10.9. The van der Waals surface area contributed by atoms with Gasteiger partial charge in [-0.1, -0.05) is 70.1 Å². The number of aliphatic carboxylic acids is 2. The number of hydrogen-bond donors (Lipinski definition) is 3. The molecule has 0 amide bonds. The first-order valence-corrected chi connectivity index (χ1v) is 13.8. The summed E-state index contributed by atoms with van der Waals surface area (Å²) in [5.41, 5.74) is 3.97. The van der Waals surface area contributed by atoms with Gasteiger partial charge < -0.3 is 15.3 Å². The van der Waals surface area contributed by atoms with Crippen LogP contribution in [0.4, 0.5) is 0 Å². The molecule has 202 valence electrons. The number of aliphatic hydroxyl groups excluding tert-OH is 1. The molecule has 0 heterocycles. The lowest BCUT2D eigenvalue weighted by Gasteiger charge is -2.57. The molecule has 0 aromatic heterocycles. The molecule has 3 aliphatic carbocycles. The number of carboxylic acid groups (broad SMARTS) is 2. The van der Waals surface area contributed by atoms with Crippen LogP contribution in [0.3, 0.4) is 0 Å². The van der Waals surface area contributed by atoms with Gasteiger partial charge in [0.05, 0.1) is 12.0 Å². The van der Waals surface area contributed by atoms with Gasteiger partial charge in [-0.15, -0.1) is 0 Å². The van der Waals surface area contributed by atoms with Crippen LogP contribution >= 0.6 is 0 Å². The Kier molecular flexibility index (Phi) is 8.06. The van der Waals surface area contributed by atoms with Crippen LogP contribution in [0.1, 0.15) is 99.3 Å². The molecule has 3 rings (SSSR count). The first-order valence-electron chi connectivity index (χ1n) is 13.8. The van der Waals surface area contributed by atoms with E-state index in [9.17, 15) is 24.9 Å². The maximum absolute atomic E-state index is 12.6. The second-order valence-electron chi connectivity index (χ2n) is 13.0. The third kappa shape index (κ3) is 4.61. The van der Waals surface area contributed by atoms with Crippen molar-refractivity contribution in [3.05, 3.63) is 35.5 Å². The number of fused-ring (bicyclic) bond motifs is 2. The molecular formula is C31H48O5. The van der Waals surface area contributed by atoms with E-state index >= 15 is 0 Å². The number of allylic oxidation sites excluding steroid dienone is 4. The van der Waals surface area contributed by atoms with Crippen molar-refractivity contribution in [2.24, 2.45) is 39.9 Å². The zero-order valence-electron chi connectivity index (χ0n) is 23.3. The monoisotopic (exact) mass is 500 g/mol. The Bertz CT molecular complexity index is 960. The lowest BCUT2D eigenvalue weighted by atomic mass is 9.47. The third-order valence-electron chi connectivity index (χ3n) is 10.9. The Morgan fingerprint density at radius 3 is 2.22 bits per heavy atom. The van der Waals surface area contributed by atoms with Crippen molar-refractivity contribution in [3.63, 3.8) is 0 Å². The average Bonchev–Trinajstić information content (AvgIpc) is 2.98. The SMILES string of the molecule is C=C(CC[C@@H](C(=O)O)[C@H]1[C@H](O)C[C@@]2(C)C3=C(CC[C@]12C)[C@@](C)(CCC(=O)O)[C@H](C(=C)C)CC3)C(C)C. The Morgan fingerprint density at radius 2 is 1.69 bits per heavy atom. The van der Waals surface area contributed by atoms with Crippen LogP contribution in [0.15, 0.2) is 35.5 Å². The molecule has 3 N–H and O–H groups in total. The normalized spacial score (nSPS) is 36.8. The van der Waals surface area contributed by atoms with E-state index in [1.165, 1.54) is 11.1 Å². The number of carbonyl (C=O) groups is 2. The molecular weight excluding hydrogens is 452 g/mol. The summed E-state index contributed by atoms with van der Waals surface area (Å²) < 4.78 is 0. The zero-order chi connectivity index (χ0) is 27.2. The molecule has 1 saturated carbocycles. The molecule has 5 heteroatoms. The van der Waals surface area contributed by atoms with E-state index in [-0.39, 0.29) is 34.5 Å². The van der Waals surface area contributed by atoms with Gasteiger partial charge in [0.1, 0.15) is 0 Å². The zero-order valence-corrected chi connectivity index (χ0v) is 23.3. The van der Waals surface area contributed by atoms with Gasteiger partial charge in [-0.2, -0.15) is 0 Å². The number of hydrogen-bond acceptors (Lipinski definition) is 3. The first kappa shape index (κ1) is 28.7. The van der Waals surface area contributed by atoms with Gasteiger partial charge in [-0.25, -0.2) is 0 Å². The Morgan fingerprint density at radius 1 is 1.06 bits per heavy atom. The summed E-state index contributed by atoms with van der Waals surface area (Å²) >= 11 is 0. The molecule has 7 atom stereocenters. The molecule has 36 heavy (non-hydrogen) atoms. The number of carboxylic acids is 2. The first-order chi connectivity index (χ1) is 16.6. The van der Waals surface area contributed by atoms with E-state index in [0.29, 0.717) is 31.6 Å². The molecule has 0 aliphatic heterocycles. The van der Waals surface area contributed by atoms with Crippen molar-refractivity contribution < 1.29 is 24.9 Å². The average molecular weight is 501 g/mol. The molecule has 5 nitrogen and oxygen atoms in total. The predicted octanol–water partition coefficient (Wildman–Crippen LogP) is 7.02. The molecule has 0 aromatic carbocycles. The summed E-state index contributed by atoms with van der Waals surface area (Å²) in [4.78, 5) is 24.1. The Hall–Kier alpha value is -1.88. The largest absolute Gasteiger partial charge is 0.481 e. The van der Waals surface area contributed by atoms with Crippen molar-refractivity contribution in [3.8, 4) is 0 Å². The van der Waals surface area contributed by atoms with Crippen LogP contribution in [0, 0.1) is 39.9 Å². The van der Waals surface area contributed by atoms with Gasteiger partial charge >= 0.3 is 11.9 Å². The Labute approximate surface area is 217 Å². The summed E-state index contributed by atoms with van der Waals surface area (Å²) in [5, 5.41) is 31.3. The highest BCUT2D eigenvalue weighted by atomic mass is 16.4. The van der Waals surface area contributed by atoms with E-state index in [1.807, 2.05) is 0 Å². The minimum absolute atomic E-state index is 0.122. The van der Waals surface area contributed by atoms with Crippen LogP contribution in [0.2, 0.25) is 0 Å². The highest BCUT2D eigenvalue weighted by Gasteiger charge is 2.65. The van der Waals surface area contributed by atoms with Gasteiger partial charge in [0.25, 0.3) is 0 Å². The second-order valence-corrected chi connectivity index (χ2v) is 13.0. The molecule has 0 unspecified atom stereocenters. The summed E-state index contributed by atoms with van der Waals surface area (Å²) in [6, 6.07) is 0. The summed E-state index contributed by atoms with van der Waals surface area (Å²) in [5.74, 6) is -1.99. The minimum Gasteiger partial charge on any atom is -0.481 e. The fourth-order valence-corrected chi connectivity index (χ4v) is 8.50. The highest BCUT2D eigenvalue weighted by molar-refractivity contribution is 5.71. The van der Waals surface area contributed by atoms with Crippen LogP contribution in [-0.4, -0.2) is 33.4 Å². The fourth-order valence-electron chi connectivity index (χ4n) is 8.50. The van der Waals surface area contributed by atoms with Gasteiger partial charge in [-0.05, 0) is 86.4 Å². The smallest absolute Gasteiger partial charge is 0.306 e. The van der Waals surface area contributed by atoms with Crippen LogP contribution in [-0.2, 0) is 9.59 Å². The summed E-state index contributed by atoms with van der Waals surface area (Å²) in [6.45, 7) is 21.3. The van der Waals surface area contributed by atoms with Crippen molar-refractivity contribution in [1.29, 1.82) is 0 Å². The van der Waals surface area contributed by atoms with Gasteiger partial charge in [0, 0.05) is 12.3 Å². The van der Waals surface area contributed by atoms with Crippen molar-refractivity contribution in [1.82, 2.24) is 0 Å². The molecule has 0 aromatic rings. The second kappa shape index (κ2) is 10.1. The van der Waals surface area contributed by atoms with Gasteiger partial charge in [-0.3, -0.25) is 9.59 Å². The van der Waals surface area contributed by atoms with Crippen molar-refractivity contribution in [2.45, 2.75) is 105 Å².